The molecule has 1 amide bonds. The van der Waals surface area contributed by atoms with E-state index in [0.29, 0.717) is 30.8 Å². The number of primary sulfonamides is 1. The molecular weight excluding hydrogens is 386 g/mol. The fraction of sp³-hybridized carbons (Fsp3) is 0.227. The van der Waals surface area contributed by atoms with Crippen molar-refractivity contribution in [2.75, 3.05) is 11.4 Å². The number of sulfonamides is 1. The minimum absolute atomic E-state index is 0.0190. The first-order chi connectivity index (χ1) is 13.8. The summed E-state index contributed by atoms with van der Waals surface area (Å²) in [5.74, 6) is -0.122. The van der Waals surface area contributed by atoms with E-state index in [-0.39, 0.29) is 10.8 Å². The van der Waals surface area contributed by atoms with Gasteiger partial charge in [-0.2, -0.15) is 0 Å². The van der Waals surface area contributed by atoms with Gasteiger partial charge in [-0.05, 0) is 49.6 Å². The Morgan fingerprint density at radius 3 is 2.48 bits per heavy atom. The van der Waals surface area contributed by atoms with Crippen LogP contribution >= 0.6 is 0 Å². The van der Waals surface area contributed by atoms with Crippen molar-refractivity contribution in [3.63, 3.8) is 0 Å². The zero-order valence-corrected chi connectivity index (χ0v) is 17.2. The number of rotatable bonds is 4. The van der Waals surface area contributed by atoms with Crippen LogP contribution in [0.4, 0.5) is 5.69 Å². The molecule has 7 heteroatoms. The van der Waals surface area contributed by atoms with Gasteiger partial charge in [-0.15, -0.1) is 0 Å². The fourth-order valence-corrected chi connectivity index (χ4v) is 4.45. The number of hydrogen-bond acceptors (Lipinski definition) is 3. The van der Waals surface area contributed by atoms with Crippen LogP contribution in [0.5, 0.6) is 0 Å². The van der Waals surface area contributed by atoms with E-state index in [1.54, 1.807) is 11.0 Å². The van der Waals surface area contributed by atoms with Crippen molar-refractivity contribution in [3.8, 4) is 0 Å². The molecule has 6 nitrogen and oxygen atoms in total. The molecule has 3 aromatic rings. The monoisotopic (exact) mass is 409 g/mol. The van der Waals surface area contributed by atoms with Crippen molar-refractivity contribution in [2.45, 2.75) is 31.7 Å². The van der Waals surface area contributed by atoms with Crippen LogP contribution in [0.15, 0.2) is 59.5 Å². The van der Waals surface area contributed by atoms with Gasteiger partial charge in [0, 0.05) is 30.2 Å². The summed E-state index contributed by atoms with van der Waals surface area (Å²) in [6.45, 7) is 5.15. The second-order valence-electron chi connectivity index (χ2n) is 7.40. The van der Waals surface area contributed by atoms with Gasteiger partial charge in [-0.3, -0.25) is 4.79 Å². The summed E-state index contributed by atoms with van der Waals surface area (Å²) in [4.78, 5) is 15.0. The van der Waals surface area contributed by atoms with Gasteiger partial charge in [0.25, 0.3) is 5.91 Å². The number of nitrogens with two attached hydrogens (primary N) is 1. The first-order valence-electron chi connectivity index (χ1n) is 9.44. The summed E-state index contributed by atoms with van der Waals surface area (Å²) >= 11 is 0. The number of carbonyl (C=O) groups excluding carboxylic acids is 1. The molecule has 0 spiro atoms. The van der Waals surface area contributed by atoms with Gasteiger partial charge in [0.15, 0.2) is 0 Å². The standard InChI is InChI=1S/C22H23N3O3S/c1-15-12-20(16(2)25(15)14-17-6-4-3-5-7-17)22(26)24-11-10-18-8-9-19(13-21(18)24)29(23,27)28/h3-9,12-13H,10-11,14H2,1-2H3,(H2,23,27,28). The average molecular weight is 410 g/mol. The molecule has 0 aliphatic carbocycles. The molecule has 150 valence electrons. The minimum Gasteiger partial charge on any atom is -0.344 e. The number of carbonyl (C=O) groups is 1. The predicted octanol–water partition coefficient (Wildman–Crippen LogP) is 3.00. The summed E-state index contributed by atoms with van der Waals surface area (Å²) in [5.41, 5.74) is 5.27. The van der Waals surface area contributed by atoms with E-state index < -0.39 is 10.0 Å². The molecule has 0 atom stereocenters. The summed E-state index contributed by atoms with van der Waals surface area (Å²) in [7, 11) is -3.83. The van der Waals surface area contributed by atoms with Crippen LogP contribution in [-0.2, 0) is 23.0 Å². The molecule has 0 saturated heterocycles. The molecule has 2 N–H and O–H groups in total. The Balaban J connectivity index is 1.68. The lowest BCUT2D eigenvalue weighted by atomic mass is 10.1. The molecule has 0 bridgehead atoms. The van der Waals surface area contributed by atoms with Crippen LogP contribution in [0.2, 0.25) is 0 Å². The summed E-state index contributed by atoms with van der Waals surface area (Å²) in [6, 6.07) is 16.7. The van der Waals surface area contributed by atoms with E-state index in [0.717, 1.165) is 22.5 Å². The van der Waals surface area contributed by atoms with E-state index in [4.69, 9.17) is 5.14 Å². The van der Waals surface area contributed by atoms with E-state index in [2.05, 4.69) is 16.7 Å². The number of benzene rings is 2. The molecule has 0 radical (unpaired) electrons. The maximum atomic E-state index is 13.3. The first-order valence-corrected chi connectivity index (χ1v) is 11.0. The van der Waals surface area contributed by atoms with Gasteiger partial charge < -0.3 is 9.47 Å². The Bertz CT molecular complexity index is 1200. The quantitative estimate of drug-likeness (QED) is 0.719. The SMILES string of the molecule is Cc1cc(C(=O)N2CCc3ccc(S(N)(=O)=O)cc32)c(C)n1Cc1ccccc1. The van der Waals surface area contributed by atoms with Crippen molar-refractivity contribution >= 4 is 21.6 Å². The molecule has 0 unspecified atom stereocenters. The first kappa shape index (κ1) is 19.4. The topological polar surface area (TPSA) is 85.4 Å². The Morgan fingerprint density at radius 1 is 1.07 bits per heavy atom. The van der Waals surface area contributed by atoms with Crippen LogP contribution in [0.25, 0.3) is 0 Å². The molecule has 0 fully saturated rings. The van der Waals surface area contributed by atoms with Crippen molar-refractivity contribution in [3.05, 3.63) is 82.7 Å². The lowest BCUT2D eigenvalue weighted by molar-refractivity contribution is 0.0988. The molecule has 0 saturated carbocycles. The summed E-state index contributed by atoms with van der Waals surface area (Å²) < 4.78 is 25.6. The highest BCUT2D eigenvalue weighted by Crippen LogP contribution is 2.32. The van der Waals surface area contributed by atoms with Crippen molar-refractivity contribution in [1.82, 2.24) is 4.57 Å². The van der Waals surface area contributed by atoms with Crippen molar-refractivity contribution < 1.29 is 13.2 Å². The normalized spacial score (nSPS) is 13.6. The maximum absolute atomic E-state index is 13.3. The second-order valence-corrected chi connectivity index (χ2v) is 8.96. The zero-order valence-electron chi connectivity index (χ0n) is 16.4. The Hall–Kier alpha value is -2.90. The molecule has 2 heterocycles. The van der Waals surface area contributed by atoms with Gasteiger partial charge >= 0.3 is 0 Å². The largest absolute Gasteiger partial charge is 0.344 e. The van der Waals surface area contributed by atoms with Gasteiger partial charge in [-0.1, -0.05) is 36.4 Å². The van der Waals surface area contributed by atoms with Crippen LogP contribution < -0.4 is 10.0 Å². The molecular formula is C22H23N3O3S. The van der Waals surface area contributed by atoms with Crippen LogP contribution in [-0.4, -0.2) is 25.4 Å². The van der Waals surface area contributed by atoms with Gasteiger partial charge in [-0.25, -0.2) is 13.6 Å². The van der Waals surface area contributed by atoms with Crippen LogP contribution in [0.3, 0.4) is 0 Å². The second kappa shape index (κ2) is 7.17. The number of aromatic nitrogens is 1. The lowest BCUT2D eigenvalue weighted by Gasteiger charge is -2.18. The third kappa shape index (κ3) is 3.59. The fourth-order valence-electron chi connectivity index (χ4n) is 3.92. The van der Waals surface area contributed by atoms with E-state index in [1.165, 1.54) is 12.1 Å². The highest BCUT2D eigenvalue weighted by molar-refractivity contribution is 7.89. The molecule has 4 rings (SSSR count). The Morgan fingerprint density at radius 2 is 1.79 bits per heavy atom. The number of nitrogens with zero attached hydrogens (tertiary/aromatic N) is 2. The number of amides is 1. The van der Waals surface area contributed by atoms with E-state index in [9.17, 15) is 13.2 Å². The number of aryl methyl sites for hydroxylation is 1. The summed E-state index contributed by atoms with van der Waals surface area (Å²) in [5, 5.41) is 5.27. The maximum Gasteiger partial charge on any atom is 0.260 e. The van der Waals surface area contributed by atoms with Crippen molar-refractivity contribution in [2.24, 2.45) is 5.14 Å². The van der Waals surface area contributed by atoms with Crippen LogP contribution in [0, 0.1) is 13.8 Å². The minimum atomic E-state index is -3.83. The highest BCUT2D eigenvalue weighted by Gasteiger charge is 2.29. The number of fused-ring (bicyclic) bond motifs is 1. The van der Waals surface area contributed by atoms with Crippen LogP contribution in [0.1, 0.15) is 32.9 Å². The van der Waals surface area contributed by atoms with Crippen molar-refractivity contribution in [1.29, 1.82) is 0 Å². The zero-order chi connectivity index (χ0) is 20.8. The highest BCUT2D eigenvalue weighted by atomic mass is 32.2. The van der Waals surface area contributed by atoms with Gasteiger partial charge in [0.05, 0.1) is 10.5 Å². The smallest absolute Gasteiger partial charge is 0.260 e. The van der Waals surface area contributed by atoms with Gasteiger partial charge in [0.2, 0.25) is 10.0 Å². The average Bonchev–Trinajstić information content (AvgIpc) is 3.23. The molecule has 2 aromatic carbocycles. The third-order valence-electron chi connectivity index (χ3n) is 5.51. The Labute approximate surface area is 170 Å². The van der Waals surface area contributed by atoms with Gasteiger partial charge in [0.1, 0.15) is 0 Å². The summed E-state index contributed by atoms with van der Waals surface area (Å²) in [6.07, 6.45) is 0.689. The lowest BCUT2D eigenvalue weighted by Crippen LogP contribution is -2.29. The Kier molecular flexibility index (Phi) is 4.80. The predicted molar refractivity (Wildman–Crippen MR) is 113 cm³/mol. The number of hydrogen-bond donors (Lipinski definition) is 1. The third-order valence-corrected chi connectivity index (χ3v) is 6.42. The van der Waals surface area contributed by atoms with E-state index >= 15 is 0 Å². The molecule has 1 aromatic heterocycles. The molecule has 1 aliphatic heterocycles. The number of anilines is 1. The molecule has 1 aliphatic rings. The molecule has 29 heavy (non-hydrogen) atoms. The van der Waals surface area contributed by atoms with E-state index in [1.807, 2.05) is 38.1 Å².